The SMILES string of the molecule is Cc1cc([C@H](c2ccccc2)[C@@H](c2ccccc2)c2cc(C)c3cc(C(C)C)ccc(C)c2-3)c2c(C)ccc(C(C)C)cc1-2. The van der Waals surface area contributed by atoms with Gasteiger partial charge in [0.25, 0.3) is 0 Å². The molecule has 0 heteroatoms. The van der Waals surface area contributed by atoms with Crippen LogP contribution in [0.2, 0.25) is 0 Å². The molecule has 0 amide bonds. The zero-order valence-corrected chi connectivity index (χ0v) is 27.7. The third-order valence-electron chi connectivity index (χ3n) is 9.83. The van der Waals surface area contributed by atoms with Gasteiger partial charge < -0.3 is 0 Å². The summed E-state index contributed by atoms with van der Waals surface area (Å²) in [6.07, 6.45) is 0. The van der Waals surface area contributed by atoms with Gasteiger partial charge in [0, 0.05) is 11.8 Å². The van der Waals surface area contributed by atoms with E-state index in [4.69, 9.17) is 0 Å². The Kier molecular flexibility index (Phi) is 8.21. The molecule has 0 bridgehead atoms. The van der Waals surface area contributed by atoms with Gasteiger partial charge in [0.1, 0.15) is 0 Å². The highest BCUT2D eigenvalue weighted by Gasteiger charge is 2.35. The van der Waals surface area contributed by atoms with Gasteiger partial charge >= 0.3 is 0 Å². The van der Waals surface area contributed by atoms with E-state index in [1.807, 2.05) is 0 Å². The molecule has 0 aliphatic heterocycles. The number of fused-ring (bicyclic) bond motifs is 2. The van der Waals surface area contributed by atoms with Gasteiger partial charge in [0.05, 0.1) is 0 Å². The summed E-state index contributed by atoms with van der Waals surface area (Å²) >= 11 is 0. The first-order chi connectivity index (χ1) is 21.2. The third kappa shape index (κ3) is 5.36. The van der Waals surface area contributed by atoms with Crippen LogP contribution in [0.3, 0.4) is 0 Å². The Hall–Kier alpha value is -4.16. The number of hydrogen-bond acceptors (Lipinski definition) is 0. The lowest BCUT2D eigenvalue weighted by molar-refractivity contribution is 0.699. The molecule has 0 fully saturated rings. The highest BCUT2D eigenvalue weighted by Crippen LogP contribution is 2.52. The van der Waals surface area contributed by atoms with Crippen molar-refractivity contribution in [2.75, 3.05) is 0 Å². The van der Waals surface area contributed by atoms with E-state index in [0.29, 0.717) is 11.8 Å². The molecule has 2 atom stereocenters. The Morgan fingerprint density at radius 2 is 0.727 bits per heavy atom. The van der Waals surface area contributed by atoms with Crippen molar-refractivity contribution >= 4 is 0 Å². The van der Waals surface area contributed by atoms with Gasteiger partial charge in [-0.25, -0.2) is 0 Å². The second-order valence-corrected chi connectivity index (χ2v) is 13.6. The highest BCUT2D eigenvalue weighted by atomic mass is 14.4. The lowest BCUT2D eigenvalue weighted by Crippen LogP contribution is -2.15. The molecule has 0 saturated carbocycles. The number of rotatable bonds is 7. The number of aryl methyl sites for hydroxylation is 4. The molecule has 44 heavy (non-hydrogen) atoms. The van der Waals surface area contributed by atoms with E-state index in [1.54, 1.807) is 0 Å². The van der Waals surface area contributed by atoms with Crippen molar-refractivity contribution in [1.82, 2.24) is 0 Å². The molecule has 4 aliphatic rings. The molecule has 0 N–H and O–H groups in total. The predicted octanol–water partition coefficient (Wildman–Crippen LogP) is 12.3. The van der Waals surface area contributed by atoms with Crippen LogP contribution in [0.15, 0.2) is 109 Å². The van der Waals surface area contributed by atoms with Crippen molar-refractivity contribution in [3.05, 3.63) is 165 Å². The molecule has 0 unspecified atom stereocenters. The predicted molar refractivity (Wildman–Crippen MR) is 190 cm³/mol. The van der Waals surface area contributed by atoms with E-state index in [9.17, 15) is 0 Å². The minimum absolute atomic E-state index is 0.137. The number of benzene rings is 2. The van der Waals surface area contributed by atoms with Crippen LogP contribution in [0.25, 0.3) is 22.3 Å². The smallest absolute Gasteiger partial charge is 0.0205 e. The Balaban J connectivity index is 1.69. The van der Waals surface area contributed by atoms with Crippen LogP contribution >= 0.6 is 0 Å². The fourth-order valence-corrected chi connectivity index (χ4v) is 7.40. The zero-order chi connectivity index (χ0) is 31.1. The van der Waals surface area contributed by atoms with Crippen LogP contribution < -0.4 is 0 Å². The van der Waals surface area contributed by atoms with E-state index >= 15 is 0 Å². The van der Waals surface area contributed by atoms with Crippen molar-refractivity contribution in [2.24, 2.45) is 0 Å². The maximum Gasteiger partial charge on any atom is 0.0205 e. The summed E-state index contributed by atoms with van der Waals surface area (Å²) in [5.41, 5.74) is 19.3. The minimum atomic E-state index is 0.137. The molecular formula is C44H46. The molecule has 4 aliphatic carbocycles. The molecule has 0 aromatic heterocycles. The van der Waals surface area contributed by atoms with Crippen molar-refractivity contribution in [2.45, 2.75) is 79.1 Å². The summed E-state index contributed by atoms with van der Waals surface area (Å²) in [5, 5.41) is 0. The molecule has 222 valence electrons. The molecular weight excluding hydrogens is 528 g/mol. The van der Waals surface area contributed by atoms with Gasteiger partial charge in [-0.05, 0) is 117 Å². The van der Waals surface area contributed by atoms with E-state index in [2.05, 4.69) is 165 Å². The van der Waals surface area contributed by atoms with Crippen molar-refractivity contribution in [3.63, 3.8) is 0 Å². The lowest BCUT2D eigenvalue weighted by Gasteiger charge is -2.30. The monoisotopic (exact) mass is 574 g/mol. The lowest BCUT2D eigenvalue weighted by atomic mass is 9.72. The first-order valence-corrected chi connectivity index (χ1v) is 16.3. The van der Waals surface area contributed by atoms with E-state index in [-0.39, 0.29) is 11.8 Å². The summed E-state index contributed by atoms with van der Waals surface area (Å²) < 4.78 is 0. The summed E-state index contributed by atoms with van der Waals surface area (Å²) in [7, 11) is 0. The topological polar surface area (TPSA) is 0 Å². The Morgan fingerprint density at radius 1 is 0.364 bits per heavy atom. The Labute approximate surface area is 265 Å². The summed E-state index contributed by atoms with van der Waals surface area (Å²) in [6.45, 7) is 18.4. The van der Waals surface area contributed by atoms with Crippen LogP contribution in [-0.4, -0.2) is 0 Å². The molecule has 0 radical (unpaired) electrons. The molecule has 2 aromatic carbocycles. The maximum absolute atomic E-state index is 2.50. The molecule has 2 aromatic rings. The zero-order valence-electron chi connectivity index (χ0n) is 27.7. The van der Waals surface area contributed by atoms with Crippen molar-refractivity contribution in [3.8, 4) is 22.3 Å². The summed E-state index contributed by atoms with van der Waals surface area (Å²) in [5.74, 6) is 1.22. The average Bonchev–Trinajstić information content (AvgIpc) is 3.34. The van der Waals surface area contributed by atoms with Crippen LogP contribution in [0.4, 0.5) is 0 Å². The van der Waals surface area contributed by atoms with Gasteiger partial charge in [-0.15, -0.1) is 0 Å². The van der Waals surface area contributed by atoms with Gasteiger partial charge in [0.2, 0.25) is 0 Å². The second-order valence-electron chi connectivity index (χ2n) is 13.6. The van der Waals surface area contributed by atoms with Crippen LogP contribution in [0, 0.1) is 27.7 Å². The largest absolute Gasteiger partial charge is 0.0622 e. The fourth-order valence-electron chi connectivity index (χ4n) is 7.40. The van der Waals surface area contributed by atoms with E-state index < -0.39 is 0 Å². The molecule has 0 nitrogen and oxygen atoms in total. The van der Waals surface area contributed by atoms with Gasteiger partial charge in [-0.3, -0.25) is 0 Å². The average molecular weight is 575 g/mol. The molecule has 0 saturated heterocycles. The van der Waals surface area contributed by atoms with Gasteiger partial charge in [0.15, 0.2) is 0 Å². The third-order valence-corrected chi connectivity index (χ3v) is 9.83. The van der Waals surface area contributed by atoms with Crippen LogP contribution in [-0.2, 0) is 0 Å². The fraction of sp³-hybridized carbons (Fsp3) is 0.273. The Bertz CT molecular complexity index is 1700. The standard InChI is InChI=1S/C44H46/c1-27(2)35-21-19-29(5)41-37(25-35)31(7)23-39(41)43(33-15-11-9-12-16-33)44(34-17-13-10-14-18-34)40-24-32(8)38-26-36(28(3)4)22-20-30(6)42(38)40/h9-28,43-44H,1-8H3/t43-,44-/m0/s1. The van der Waals surface area contributed by atoms with E-state index in [1.165, 1.54) is 77.9 Å². The first kappa shape index (κ1) is 29.9. The summed E-state index contributed by atoms with van der Waals surface area (Å²) in [6, 6.07) is 41.7. The quantitative estimate of drug-likeness (QED) is 0.178. The maximum atomic E-state index is 2.50. The minimum Gasteiger partial charge on any atom is -0.0622 e. The summed E-state index contributed by atoms with van der Waals surface area (Å²) in [4.78, 5) is 0. The Morgan fingerprint density at radius 3 is 1.07 bits per heavy atom. The van der Waals surface area contributed by atoms with Crippen molar-refractivity contribution in [1.29, 1.82) is 0 Å². The molecule has 6 rings (SSSR count). The van der Waals surface area contributed by atoms with Crippen molar-refractivity contribution < 1.29 is 0 Å². The first-order valence-electron chi connectivity index (χ1n) is 16.3. The number of hydrogen-bond donors (Lipinski definition) is 0. The molecule has 0 spiro atoms. The van der Waals surface area contributed by atoms with Gasteiger partial charge in [-0.1, -0.05) is 137 Å². The second kappa shape index (κ2) is 12.1. The van der Waals surface area contributed by atoms with Gasteiger partial charge in [-0.2, -0.15) is 0 Å². The van der Waals surface area contributed by atoms with Crippen LogP contribution in [0.1, 0.15) is 107 Å². The van der Waals surface area contributed by atoms with E-state index in [0.717, 1.165) is 0 Å². The molecule has 0 heterocycles. The normalized spacial score (nSPS) is 13.2. The van der Waals surface area contributed by atoms with Crippen LogP contribution in [0.5, 0.6) is 0 Å². The highest BCUT2D eigenvalue weighted by molar-refractivity contribution is 5.82.